The van der Waals surface area contributed by atoms with Gasteiger partial charge in [0.2, 0.25) is 0 Å². The van der Waals surface area contributed by atoms with Crippen LogP contribution in [0.3, 0.4) is 0 Å². The molecule has 0 radical (unpaired) electrons. The zero-order chi connectivity index (χ0) is 11.3. The fraction of sp³-hybridized carbons (Fsp3) is 0.500. The molecule has 0 N–H and O–H groups in total. The van der Waals surface area contributed by atoms with E-state index >= 15 is 0 Å². The molecule has 0 saturated heterocycles. The van der Waals surface area contributed by atoms with Gasteiger partial charge in [0.25, 0.3) is 0 Å². The van der Waals surface area contributed by atoms with Crippen molar-refractivity contribution < 1.29 is 0 Å². The maximum atomic E-state index is 6.08. The molecule has 0 unspecified atom stereocenters. The topological polar surface area (TPSA) is 3.24 Å². The number of hydrogen-bond donors (Lipinski definition) is 0. The molecule has 0 fully saturated rings. The fourth-order valence-electron chi connectivity index (χ4n) is 1.59. The number of hydrogen-bond acceptors (Lipinski definition) is 1. The van der Waals surface area contributed by atoms with Gasteiger partial charge in [-0.1, -0.05) is 25.4 Å². The van der Waals surface area contributed by atoms with Crippen LogP contribution < -0.4 is 4.90 Å². The van der Waals surface area contributed by atoms with Gasteiger partial charge in [0.1, 0.15) is 0 Å². The molecule has 0 aliphatic rings. The molecule has 84 valence electrons. The molecule has 1 aromatic carbocycles. The fourth-order valence-corrected chi connectivity index (χ4v) is 2.01. The van der Waals surface area contributed by atoms with Crippen LogP contribution in [0.25, 0.3) is 0 Å². The second kappa shape index (κ2) is 6.39. The predicted molar refractivity (Wildman–Crippen MR) is 71.9 cm³/mol. The number of rotatable bonds is 5. The van der Waals surface area contributed by atoms with Gasteiger partial charge >= 0.3 is 0 Å². The summed E-state index contributed by atoms with van der Waals surface area (Å²) in [5.74, 6) is 0. The predicted octanol–water partition coefficient (Wildman–Crippen LogP) is 4.73. The number of halogens is 2. The Balaban J connectivity index is 2.85. The molecule has 0 aliphatic carbocycles. The van der Waals surface area contributed by atoms with E-state index in [-0.39, 0.29) is 0 Å². The van der Waals surface area contributed by atoms with Crippen molar-refractivity contribution in [3.8, 4) is 0 Å². The SMILES string of the molecule is CCCN(CCC)c1ccc(Br)c(Cl)c1. The Labute approximate surface area is 106 Å². The summed E-state index contributed by atoms with van der Waals surface area (Å²) >= 11 is 9.49. The summed E-state index contributed by atoms with van der Waals surface area (Å²) < 4.78 is 0.959. The molecule has 0 spiro atoms. The maximum Gasteiger partial charge on any atom is 0.0568 e. The quantitative estimate of drug-likeness (QED) is 0.758. The summed E-state index contributed by atoms with van der Waals surface area (Å²) in [6.45, 7) is 6.57. The number of nitrogens with zero attached hydrogens (tertiary/aromatic N) is 1. The molecule has 1 nitrogen and oxygen atoms in total. The molecule has 0 heterocycles. The van der Waals surface area contributed by atoms with Crippen molar-refractivity contribution in [2.75, 3.05) is 18.0 Å². The lowest BCUT2D eigenvalue weighted by Crippen LogP contribution is -2.24. The normalized spacial score (nSPS) is 10.4. The lowest BCUT2D eigenvalue weighted by atomic mass is 10.2. The van der Waals surface area contributed by atoms with Gasteiger partial charge < -0.3 is 4.90 Å². The Morgan fingerprint density at radius 3 is 2.27 bits per heavy atom. The third kappa shape index (κ3) is 3.69. The Hall–Kier alpha value is -0.210. The first-order valence-electron chi connectivity index (χ1n) is 5.39. The van der Waals surface area contributed by atoms with E-state index in [0.29, 0.717) is 0 Å². The van der Waals surface area contributed by atoms with Crippen LogP contribution in [0.5, 0.6) is 0 Å². The van der Waals surface area contributed by atoms with E-state index < -0.39 is 0 Å². The van der Waals surface area contributed by atoms with E-state index in [2.05, 4.69) is 40.7 Å². The van der Waals surface area contributed by atoms with E-state index in [9.17, 15) is 0 Å². The standard InChI is InChI=1S/C12H17BrClN/c1-3-7-15(8-4-2)10-5-6-11(13)12(14)9-10/h5-6,9H,3-4,7-8H2,1-2H3. The van der Waals surface area contributed by atoms with Crippen LogP contribution in [0.4, 0.5) is 5.69 Å². The summed E-state index contributed by atoms with van der Waals surface area (Å²) in [7, 11) is 0. The van der Waals surface area contributed by atoms with Gasteiger partial charge in [-0.3, -0.25) is 0 Å². The van der Waals surface area contributed by atoms with Crippen LogP contribution in [0.1, 0.15) is 26.7 Å². The lowest BCUT2D eigenvalue weighted by Gasteiger charge is -2.24. The van der Waals surface area contributed by atoms with Crippen LogP contribution in [-0.4, -0.2) is 13.1 Å². The highest BCUT2D eigenvalue weighted by Crippen LogP contribution is 2.27. The molecule has 0 bridgehead atoms. The van der Waals surface area contributed by atoms with Crippen LogP contribution >= 0.6 is 27.5 Å². The smallest absolute Gasteiger partial charge is 0.0568 e. The first-order chi connectivity index (χ1) is 7.19. The summed E-state index contributed by atoms with van der Waals surface area (Å²) in [6.07, 6.45) is 2.32. The summed E-state index contributed by atoms with van der Waals surface area (Å²) in [6, 6.07) is 6.15. The minimum Gasteiger partial charge on any atom is -0.372 e. The van der Waals surface area contributed by atoms with Gasteiger partial charge in [-0.25, -0.2) is 0 Å². The van der Waals surface area contributed by atoms with Crippen LogP contribution in [0.15, 0.2) is 22.7 Å². The molecular weight excluding hydrogens is 273 g/mol. The number of benzene rings is 1. The van der Waals surface area contributed by atoms with E-state index in [4.69, 9.17) is 11.6 Å². The molecule has 1 aromatic rings. The van der Waals surface area contributed by atoms with Crippen LogP contribution in [0.2, 0.25) is 5.02 Å². The van der Waals surface area contributed by atoms with Gasteiger partial charge in [-0.05, 0) is 47.0 Å². The Morgan fingerprint density at radius 1 is 1.20 bits per heavy atom. The maximum absolute atomic E-state index is 6.08. The Kier molecular flexibility index (Phi) is 5.48. The molecule has 0 saturated carbocycles. The zero-order valence-electron chi connectivity index (χ0n) is 9.26. The molecule has 1 rings (SSSR count). The van der Waals surface area contributed by atoms with E-state index in [1.54, 1.807) is 0 Å². The average Bonchev–Trinajstić information content (AvgIpc) is 2.22. The lowest BCUT2D eigenvalue weighted by molar-refractivity contribution is 0.745. The second-order valence-corrected chi connectivity index (χ2v) is 4.85. The Morgan fingerprint density at radius 2 is 1.80 bits per heavy atom. The molecule has 0 atom stereocenters. The van der Waals surface area contributed by atoms with Crippen molar-refractivity contribution in [3.63, 3.8) is 0 Å². The highest BCUT2D eigenvalue weighted by Gasteiger charge is 2.06. The molecule has 3 heteroatoms. The van der Waals surface area contributed by atoms with Crippen molar-refractivity contribution in [1.82, 2.24) is 0 Å². The summed E-state index contributed by atoms with van der Waals surface area (Å²) in [5, 5.41) is 0.782. The van der Waals surface area contributed by atoms with Crippen molar-refractivity contribution in [3.05, 3.63) is 27.7 Å². The van der Waals surface area contributed by atoms with Crippen molar-refractivity contribution >= 4 is 33.2 Å². The van der Waals surface area contributed by atoms with E-state index in [1.807, 2.05) is 12.1 Å². The Bertz CT molecular complexity index is 308. The van der Waals surface area contributed by atoms with Crippen LogP contribution in [0, 0.1) is 0 Å². The van der Waals surface area contributed by atoms with Gasteiger partial charge in [0.05, 0.1) is 5.02 Å². The van der Waals surface area contributed by atoms with Crippen molar-refractivity contribution in [1.29, 1.82) is 0 Å². The monoisotopic (exact) mass is 289 g/mol. The average molecular weight is 291 g/mol. The van der Waals surface area contributed by atoms with Crippen molar-refractivity contribution in [2.45, 2.75) is 26.7 Å². The largest absolute Gasteiger partial charge is 0.372 e. The van der Waals surface area contributed by atoms with Gasteiger partial charge in [0.15, 0.2) is 0 Å². The van der Waals surface area contributed by atoms with E-state index in [0.717, 1.165) is 35.4 Å². The molecule has 0 aromatic heterocycles. The highest BCUT2D eigenvalue weighted by atomic mass is 79.9. The van der Waals surface area contributed by atoms with Gasteiger partial charge in [-0.15, -0.1) is 0 Å². The van der Waals surface area contributed by atoms with Gasteiger partial charge in [-0.2, -0.15) is 0 Å². The third-order valence-electron chi connectivity index (χ3n) is 2.26. The second-order valence-electron chi connectivity index (χ2n) is 3.59. The summed E-state index contributed by atoms with van der Waals surface area (Å²) in [5.41, 5.74) is 1.21. The first kappa shape index (κ1) is 12.9. The first-order valence-corrected chi connectivity index (χ1v) is 6.56. The highest BCUT2D eigenvalue weighted by molar-refractivity contribution is 9.10. The summed E-state index contributed by atoms with van der Waals surface area (Å²) in [4.78, 5) is 2.37. The van der Waals surface area contributed by atoms with E-state index in [1.165, 1.54) is 5.69 Å². The zero-order valence-corrected chi connectivity index (χ0v) is 11.6. The number of anilines is 1. The van der Waals surface area contributed by atoms with Gasteiger partial charge in [0, 0.05) is 23.2 Å². The molecular formula is C12H17BrClN. The van der Waals surface area contributed by atoms with Crippen molar-refractivity contribution in [2.24, 2.45) is 0 Å². The third-order valence-corrected chi connectivity index (χ3v) is 3.49. The van der Waals surface area contributed by atoms with Crippen LogP contribution in [-0.2, 0) is 0 Å². The molecule has 0 amide bonds. The minimum absolute atomic E-state index is 0.782. The molecule has 15 heavy (non-hydrogen) atoms. The molecule has 0 aliphatic heterocycles. The minimum atomic E-state index is 0.782.